The molecule has 2 aromatic rings. The molecule has 2 saturated heterocycles. The zero-order valence-electron chi connectivity index (χ0n) is 18.5. The van der Waals surface area contributed by atoms with Crippen LogP contribution in [0.15, 0.2) is 48.5 Å². The molecule has 0 unspecified atom stereocenters. The fourth-order valence-electron chi connectivity index (χ4n) is 5.01. The van der Waals surface area contributed by atoms with Gasteiger partial charge in [0.05, 0.1) is 20.3 Å². The lowest BCUT2D eigenvalue weighted by Gasteiger charge is -2.42. The Morgan fingerprint density at radius 1 is 1.15 bits per heavy atom. The summed E-state index contributed by atoms with van der Waals surface area (Å²) in [4.78, 5) is 15.0. The summed E-state index contributed by atoms with van der Waals surface area (Å²) in [7, 11) is 1.49. The first-order valence-electron chi connectivity index (χ1n) is 11.2. The summed E-state index contributed by atoms with van der Waals surface area (Å²) in [6.45, 7) is 1.36. The summed E-state index contributed by atoms with van der Waals surface area (Å²) in [5.74, 6) is -2.02. The van der Waals surface area contributed by atoms with Crippen LogP contribution in [-0.4, -0.2) is 56.4 Å². The lowest BCUT2D eigenvalue weighted by atomic mass is 9.82. The molecule has 0 radical (unpaired) electrons. The van der Waals surface area contributed by atoms with Gasteiger partial charge < -0.3 is 23.8 Å². The molecule has 176 valence electrons. The molecule has 0 N–H and O–H groups in total. The number of hydrogen-bond acceptors (Lipinski definition) is 5. The molecule has 0 bridgehead atoms. The van der Waals surface area contributed by atoms with Gasteiger partial charge in [-0.2, -0.15) is 0 Å². The molecule has 6 nitrogen and oxygen atoms in total. The van der Waals surface area contributed by atoms with Crippen molar-refractivity contribution < 1.29 is 32.5 Å². The van der Waals surface area contributed by atoms with E-state index in [1.165, 1.54) is 7.11 Å². The number of carbonyl (C=O) groups is 1. The molecule has 5 rings (SSSR count). The van der Waals surface area contributed by atoms with Gasteiger partial charge in [-0.05, 0) is 23.8 Å². The fraction of sp³-hybridized carbons (Fsp3) is 0.480. The number of amides is 1. The SMILES string of the molecule is COc1cc(C(=O)N2CC[C@]3(c4ccccc4)OCO[C@@H]3C2)ccc1OCC1CC(F)(F)C1. The van der Waals surface area contributed by atoms with Gasteiger partial charge >= 0.3 is 0 Å². The number of nitrogens with zero attached hydrogens (tertiary/aromatic N) is 1. The summed E-state index contributed by atoms with van der Waals surface area (Å²) in [6.07, 6.45) is 0.0802. The van der Waals surface area contributed by atoms with E-state index in [-0.39, 0.29) is 44.2 Å². The zero-order chi connectivity index (χ0) is 23.1. The topological polar surface area (TPSA) is 57.2 Å². The van der Waals surface area contributed by atoms with Crippen molar-refractivity contribution >= 4 is 5.91 Å². The number of hydrogen-bond donors (Lipinski definition) is 0. The molecular formula is C25H27F2NO5. The van der Waals surface area contributed by atoms with Crippen LogP contribution in [0.4, 0.5) is 8.78 Å². The van der Waals surface area contributed by atoms with E-state index in [1.54, 1.807) is 23.1 Å². The Bertz CT molecular complexity index is 1010. The summed E-state index contributed by atoms with van der Waals surface area (Å²) in [5, 5.41) is 0. The quantitative estimate of drug-likeness (QED) is 0.647. The molecule has 33 heavy (non-hydrogen) atoms. The number of carbonyl (C=O) groups excluding carboxylic acids is 1. The van der Waals surface area contributed by atoms with Gasteiger partial charge in [-0.3, -0.25) is 4.79 Å². The van der Waals surface area contributed by atoms with E-state index in [0.29, 0.717) is 36.6 Å². The number of halogens is 2. The second kappa shape index (κ2) is 8.57. The van der Waals surface area contributed by atoms with Crippen LogP contribution >= 0.6 is 0 Å². The average molecular weight is 459 g/mol. The Morgan fingerprint density at radius 2 is 1.94 bits per heavy atom. The van der Waals surface area contributed by atoms with Crippen molar-refractivity contribution in [2.75, 3.05) is 33.6 Å². The van der Waals surface area contributed by atoms with Crippen LogP contribution in [-0.2, 0) is 15.1 Å². The molecule has 0 spiro atoms. The van der Waals surface area contributed by atoms with Crippen molar-refractivity contribution in [3.63, 3.8) is 0 Å². The number of benzene rings is 2. The van der Waals surface area contributed by atoms with E-state index >= 15 is 0 Å². The molecule has 2 aromatic carbocycles. The predicted molar refractivity (Wildman–Crippen MR) is 116 cm³/mol. The van der Waals surface area contributed by atoms with Gasteiger partial charge in [-0.25, -0.2) is 8.78 Å². The van der Waals surface area contributed by atoms with Gasteiger partial charge in [-0.15, -0.1) is 0 Å². The summed E-state index contributed by atoms with van der Waals surface area (Å²) >= 11 is 0. The van der Waals surface area contributed by atoms with Crippen LogP contribution in [0.25, 0.3) is 0 Å². The van der Waals surface area contributed by atoms with Crippen LogP contribution in [0.1, 0.15) is 35.2 Å². The smallest absolute Gasteiger partial charge is 0.254 e. The minimum Gasteiger partial charge on any atom is -0.493 e. The van der Waals surface area contributed by atoms with E-state index in [1.807, 2.05) is 30.3 Å². The highest BCUT2D eigenvalue weighted by Crippen LogP contribution is 2.44. The Morgan fingerprint density at radius 3 is 2.67 bits per heavy atom. The lowest BCUT2D eigenvalue weighted by molar-refractivity contribution is -0.119. The van der Waals surface area contributed by atoms with Crippen LogP contribution < -0.4 is 9.47 Å². The number of rotatable bonds is 6. The molecule has 3 aliphatic rings. The average Bonchev–Trinajstić information content (AvgIpc) is 3.25. The van der Waals surface area contributed by atoms with Gasteiger partial charge in [-0.1, -0.05) is 30.3 Å². The molecule has 8 heteroatoms. The number of fused-ring (bicyclic) bond motifs is 1. The highest BCUT2D eigenvalue weighted by atomic mass is 19.3. The molecule has 3 fully saturated rings. The van der Waals surface area contributed by atoms with Crippen molar-refractivity contribution in [3.05, 3.63) is 59.7 Å². The largest absolute Gasteiger partial charge is 0.493 e. The molecule has 2 heterocycles. The molecule has 2 aliphatic heterocycles. The lowest BCUT2D eigenvalue weighted by Crippen LogP contribution is -2.53. The predicted octanol–water partition coefficient (Wildman–Crippen LogP) is 4.23. The van der Waals surface area contributed by atoms with Gasteiger partial charge in [0.15, 0.2) is 11.5 Å². The molecule has 2 atom stereocenters. The number of piperidine rings is 1. The third kappa shape index (κ3) is 4.17. The van der Waals surface area contributed by atoms with Gasteiger partial charge in [0.1, 0.15) is 18.5 Å². The highest BCUT2D eigenvalue weighted by molar-refractivity contribution is 5.95. The maximum absolute atomic E-state index is 13.3. The molecule has 1 aliphatic carbocycles. The first-order chi connectivity index (χ1) is 15.9. The molecule has 0 aromatic heterocycles. The number of alkyl halides is 2. The monoisotopic (exact) mass is 459 g/mol. The van der Waals surface area contributed by atoms with Gasteiger partial charge in [0.2, 0.25) is 5.92 Å². The van der Waals surface area contributed by atoms with E-state index < -0.39 is 11.5 Å². The third-order valence-electron chi connectivity index (χ3n) is 6.85. The van der Waals surface area contributed by atoms with E-state index in [0.717, 1.165) is 5.56 Å². The Balaban J connectivity index is 1.26. The second-order valence-electron chi connectivity index (χ2n) is 8.98. The van der Waals surface area contributed by atoms with Crippen LogP contribution in [0.2, 0.25) is 0 Å². The minimum absolute atomic E-state index is 0.129. The third-order valence-corrected chi connectivity index (χ3v) is 6.85. The summed E-state index contributed by atoms with van der Waals surface area (Å²) < 4.78 is 49.1. The number of methoxy groups -OCH3 is 1. The van der Waals surface area contributed by atoms with E-state index in [9.17, 15) is 13.6 Å². The maximum Gasteiger partial charge on any atom is 0.254 e. The van der Waals surface area contributed by atoms with Crippen molar-refractivity contribution in [2.45, 2.75) is 36.9 Å². The first-order valence-corrected chi connectivity index (χ1v) is 11.2. The van der Waals surface area contributed by atoms with Gasteiger partial charge in [0, 0.05) is 37.3 Å². The van der Waals surface area contributed by atoms with E-state index in [4.69, 9.17) is 18.9 Å². The molecule has 1 saturated carbocycles. The first kappa shape index (κ1) is 22.1. The minimum atomic E-state index is -2.57. The Hall–Kier alpha value is -2.71. The van der Waals surface area contributed by atoms with Crippen molar-refractivity contribution in [3.8, 4) is 11.5 Å². The van der Waals surface area contributed by atoms with Crippen LogP contribution in [0, 0.1) is 5.92 Å². The normalized spacial score (nSPS) is 26.4. The van der Waals surface area contributed by atoms with Crippen LogP contribution in [0.5, 0.6) is 11.5 Å². The number of ether oxygens (including phenoxy) is 4. The van der Waals surface area contributed by atoms with Crippen molar-refractivity contribution in [1.29, 1.82) is 0 Å². The molecular weight excluding hydrogens is 432 g/mol. The van der Waals surface area contributed by atoms with Gasteiger partial charge in [0.25, 0.3) is 5.91 Å². The maximum atomic E-state index is 13.3. The molecule has 1 amide bonds. The van der Waals surface area contributed by atoms with Crippen molar-refractivity contribution in [1.82, 2.24) is 4.90 Å². The van der Waals surface area contributed by atoms with Crippen LogP contribution in [0.3, 0.4) is 0 Å². The Labute approximate surface area is 191 Å². The zero-order valence-corrected chi connectivity index (χ0v) is 18.5. The summed E-state index contributed by atoms with van der Waals surface area (Å²) in [5.41, 5.74) is 0.999. The number of likely N-dealkylation sites (tertiary alicyclic amines) is 1. The highest BCUT2D eigenvalue weighted by Gasteiger charge is 2.51. The standard InChI is InChI=1S/C25H27F2NO5/c1-30-21-11-18(7-8-20(21)31-15-17-12-24(26,27)13-17)23(29)28-10-9-25(19-5-3-2-4-6-19)22(14-28)32-16-33-25/h2-8,11,17,22H,9-10,12-16H2,1H3/t22-,25-/m1/s1. The Kier molecular flexibility index (Phi) is 5.74. The van der Waals surface area contributed by atoms with E-state index in [2.05, 4.69) is 0 Å². The second-order valence-corrected chi connectivity index (χ2v) is 8.98. The summed E-state index contributed by atoms with van der Waals surface area (Å²) in [6, 6.07) is 15.0. The fourth-order valence-corrected chi connectivity index (χ4v) is 5.01. The van der Waals surface area contributed by atoms with Crippen molar-refractivity contribution in [2.24, 2.45) is 5.92 Å².